The number of halogens is 2. The molecular weight excluding hydrogens is 251 g/mol. The van der Waals surface area contributed by atoms with Gasteiger partial charge in [0.15, 0.2) is 0 Å². The molecule has 1 heterocycles. The van der Waals surface area contributed by atoms with E-state index < -0.39 is 0 Å². The Morgan fingerprint density at radius 1 is 1.62 bits per heavy atom. The van der Waals surface area contributed by atoms with Crippen molar-refractivity contribution < 1.29 is 0 Å². The van der Waals surface area contributed by atoms with Crippen LogP contribution in [0.5, 0.6) is 0 Å². The van der Waals surface area contributed by atoms with Gasteiger partial charge in [-0.2, -0.15) is 5.26 Å². The van der Waals surface area contributed by atoms with Crippen molar-refractivity contribution in [2.75, 3.05) is 0 Å². The van der Waals surface area contributed by atoms with Crippen LogP contribution in [0.1, 0.15) is 31.0 Å². The molecule has 0 unspecified atom stereocenters. The molecule has 0 aliphatic heterocycles. The first kappa shape index (κ1) is 10.5. The van der Waals surface area contributed by atoms with Crippen LogP contribution in [0.2, 0.25) is 5.15 Å². The Labute approximate surface area is 90.7 Å². The molecule has 0 atom stereocenters. The van der Waals surface area contributed by atoms with Crippen molar-refractivity contribution in [3.63, 3.8) is 0 Å². The van der Waals surface area contributed by atoms with E-state index in [1.165, 1.54) is 0 Å². The first-order chi connectivity index (χ1) is 6.06. The van der Waals surface area contributed by atoms with Crippen LogP contribution in [0.25, 0.3) is 0 Å². The standard InChI is InChI=1S/C9H8BrClN2/c1-5(2)7-3-6(4-12)8(10)9(11)13-7/h3,5H,1-2H3. The third-order valence-electron chi connectivity index (χ3n) is 1.65. The highest BCUT2D eigenvalue weighted by Crippen LogP contribution is 2.27. The zero-order chi connectivity index (χ0) is 10.0. The summed E-state index contributed by atoms with van der Waals surface area (Å²) in [4.78, 5) is 4.15. The van der Waals surface area contributed by atoms with Gasteiger partial charge in [-0.1, -0.05) is 25.4 Å². The van der Waals surface area contributed by atoms with Crippen molar-refractivity contribution in [2.24, 2.45) is 0 Å². The fraction of sp³-hybridized carbons (Fsp3) is 0.333. The molecule has 0 fully saturated rings. The van der Waals surface area contributed by atoms with E-state index in [4.69, 9.17) is 16.9 Å². The SMILES string of the molecule is CC(C)c1cc(C#N)c(Br)c(Cl)n1. The Morgan fingerprint density at radius 2 is 2.23 bits per heavy atom. The van der Waals surface area contributed by atoms with E-state index in [1.807, 2.05) is 13.8 Å². The van der Waals surface area contributed by atoms with Gasteiger partial charge in [0.2, 0.25) is 0 Å². The van der Waals surface area contributed by atoms with Gasteiger partial charge in [0.05, 0.1) is 10.0 Å². The summed E-state index contributed by atoms with van der Waals surface area (Å²) < 4.78 is 0.570. The van der Waals surface area contributed by atoms with Crippen molar-refractivity contribution in [3.05, 3.63) is 26.9 Å². The number of pyridine rings is 1. The maximum absolute atomic E-state index is 8.78. The van der Waals surface area contributed by atoms with Gasteiger partial charge in [0.1, 0.15) is 11.2 Å². The Balaban J connectivity index is 3.32. The molecule has 0 saturated carbocycles. The predicted octanol–water partition coefficient (Wildman–Crippen LogP) is 3.49. The molecule has 0 N–H and O–H groups in total. The van der Waals surface area contributed by atoms with Gasteiger partial charge < -0.3 is 0 Å². The summed E-state index contributed by atoms with van der Waals surface area (Å²) in [5.41, 5.74) is 1.37. The average molecular weight is 260 g/mol. The van der Waals surface area contributed by atoms with Gasteiger partial charge in [-0.25, -0.2) is 4.98 Å². The Hall–Kier alpha value is -0.590. The maximum atomic E-state index is 8.78. The van der Waals surface area contributed by atoms with Gasteiger partial charge in [0, 0.05) is 5.69 Å². The Bertz CT molecular complexity index is 369. The van der Waals surface area contributed by atoms with Gasteiger partial charge in [-0.05, 0) is 27.9 Å². The Kier molecular flexibility index (Phi) is 3.29. The fourth-order valence-corrected chi connectivity index (χ4v) is 1.39. The predicted molar refractivity (Wildman–Crippen MR) is 55.8 cm³/mol. The van der Waals surface area contributed by atoms with Gasteiger partial charge >= 0.3 is 0 Å². The molecule has 1 aromatic rings. The van der Waals surface area contributed by atoms with Crippen molar-refractivity contribution >= 4 is 27.5 Å². The zero-order valence-electron chi connectivity index (χ0n) is 7.31. The lowest BCUT2D eigenvalue weighted by Gasteiger charge is -2.06. The molecule has 0 amide bonds. The monoisotopic (exact) mass is 258 g/mol. The van der Waals surface area contributed by atoms with Gasteiger partial charge in [-0.3, -0.25) is 0 Å². The third kappa shape index (κ3) is 2.20. The molecule has 4 heteroatoms. The fourth-order valence-electron chi connectivity index (χ4n) is 0.894. The van der Waals surface area contributed by atoms with E-state index in [0.29, 0.717) is 15.2 Å². The van der Waals surface area contributed by atoms with Crippen molar-refractivity contribution in [1.82, 2.24) is 4.98 Å². The smallest absolute Gasteiger partial charge is 0.144 e. The lowest BCUT2D eigenvalue weighted by atomic mass is 10.1. The summed E-state index contributed by atoms with van der Waals surface area (Å²) in [6, 6.07) is 3.81. The third-order valence-corrected chi connectivity index (χ3v) is 2.95. The number of aromatic nitrogens is 1. The maximum Gasteiger partial charge on any atom is 0.144 e. The molecule has 0 saturated heterocycles. The van der Waals surface area contributed by atoms with Gasteiger partial charge in [0.25, 0.3) is 0 Å². The molecule has 1 aromatic heterocycles. The summed E-state index contributed by atoms with van der Waals surface area (Å²) >= 11 is 9.04. The van der Waals surface area contributed by atoms with E-state index in [9.17, 15) is 0 Å². The second-order valence-electron chi connectivity index (χ2n) is 2.97. The molecule has 0 bridgehead atoms. The highest BCUT2D eigenvalue weighted by Gasteiger charge is 2.10. The lowest BCUT2D eigenvalue weighted by molar-refractivity contribution is 0.821. The molecule has 13 heavy (non-hydrogen) atoms. The van der Waals surface area contributed by atoms with E-state index in [1.54, 1.807) is 6.07 Å². The summed E-state index contributed by atoms with van der Waals surface area (Å²) in [5, 5.41) is 9.13. The first-order valence-electron chi connectivity index (χ1n) is 3.82. The average Bonchev–Trinajstić information content (AvgIpc) is 2.09. The molecule has 0 aromatic carbocycles. The topological polar surface area (TPSA) is 36.7 Å². The van der Waals surface area contributed by atoms with E-state index in [2.05, 4.69) is 27.0 Å². The van der Waals surface area contributed by atoms with Crippen molar-refractivity contribution in [2.45, 2.75) is 19.8 Å². The number of hydrogen-bond donors (Lipinski definition) is 0. The summed E-state index contributed by atoms with van der Waals surface area (Å²) in [6.45, 7) is 4.02. The minimum absolute atomic E-state index is 0.276. The summed E-state index contributed by atoms with van der Waals surface area (Å²) in [6.07, 6.45) is 0. The Morgan fingerprint density at radius 3 is 2.69 bits per heavy atom. The zero-order valence-corrected chi connectivity index (χ0v) is 9.65. The van der Waals surface area contributed by atoms with Gasteiger partial charge in [-0.15, -0.1) is 0 Å². The summed E-state index contributed by atoms with van der Waals surface area (Å²) in [5.74, 6) is 0.276. The molecular formula is C9H8BrClN2. The van der Waals surface area contributed by atoms with Crippen LogP contribution in [0.15, 0.2) is 10.5 Å². The van der Waals surface area contributed by atoms with Crippen molar-refractivity contribution in [1.29, 1.82) is 5.26 Å². The van der Waals surface area contributed by atoms with E-state index >= 15 is 0 Å². The van der Waals surface area contributed by atoms with E-state index in [0.717, 1.165) is 5.69 Å². The minimum atomic E-state index is 0.276. The summed E-state index contributed by atoms with van der Waals surface area (Å²) in [7, 11) is 0. The normalized spacial score (nSPS) is 10.2. The quantitative estimate of drug-likeness (QED) is 0.724. The van der Waals surface area contributed by atoms with Crippen LogP contribution in [-0.4, -0.2) is 4.98 Å². The highest BCUT2D eigenvalue weighted by atomic mass is 79.9. The van der Waals surface area contributed by atoms with Crippen LogP contribution in [0.4, 0.5) is 0 Å². The molecule has 68 valence electrons. The first-order valence-corrected chi connectivity index (χ1v) is 4.99. The minimum Gasteiger partial charge on any atom is -0.240 e. The second-order valence-corrected chi connectivity index (χ2v) is 4.12. The largest absolute Gasteiger partial charge is 0.240 e. The molecule has 0 spiro atoms. The highest BCUT2D eigenvalue weighted by molar-refractivity contribution is 9.10. The van der Waals surface area contributed by atoms with Crippen LogP contribution < -0.4 is 0 Å². The molecule has 0 radical (unpaired) electrons. The number of hydrogen-bond acceptors (Lipinski definition) is 2. The van der Waals surface area contributed by atoms with Crippen LogP contribution >= 0.6 is 27.5 Å². The van der Waals surface area contributed by atoms with E-state index in [-0.39, 0.29) is 5.92 Å². The number of nitriles is 1. The van der Waals surface area contributed by atoms with Crippen LogP contribution in [-0.2, 0) is 0 Å². The molecule has 0 aliphatic rings. The van der Waals surface area contributed by atoms with Crippen LogP contribution in [0.3, 0.4) is 0 Å². The number of rotatable bonds is 1. The molecule has 1 rings (SSSR count). The molecule has 2 nitrogen and oxygen atoms in total. The van der Waals surface area contributed by atoms with Crippen molar-refractivity contribution in [3.8, 4) is 6.07 Å². The lowest BCUT2D eigenvalue weighted by Crippen LogP contribution is -1.95. The van der Waals surface area contributed by atoms with Crippen LogP contribution in [0, 0.1) is 11.3 Å². The number of nitrogens with zero attached hydrogens (tertiary/aromatic N) is 2. The molecule has 0 aliphatic carbocycles. The second kappa shape index (κ2) is 4.08.